The minimum atomic E-state index is -0.683. The maximum Gasteiger partial charge on any atom is 0.315 e. The molecule has 0 aromatic heterocycles. The zero-order valence-electron chi connectivity index (χ0n) is 25.7. The van der Waals surface area contributed by atoms with Crippen molar-refractivity contribution in [1.29, 1.82) is 0 Å². The van der Waals surface area contributed by atoms with E-state index >= 15 is 0 Å². The van der Waals surface area contributed by atoms with Crippen molar-refractivity contribution < 1.29 is 42.5 Å². The predicted molar refractivity (Wildman–Crippen MR) is 165 cm³/mol. The molecule has 1 saturated heterocycles. The number of carbonyl (C=O) groups excluding carboxylic acids is 3. The van der Waals surface area contributed by atoms with Gasteiger partial charge in [0.25, 0.3) is 11.8 Å². The molecule has 2 heterocycles. The van der Waals surface area contributed by atoms with E-state index in [1.807, 2.05) is 12.1 Å². The first kappa shape index (κ1) is 32.5. The Hall–Kier alpha value is -4.88. The van der Waals surface area contributed by atoms with E-state index < -0.39 is 29.9 Å². The Labute approximate surface area is 266 Å². The monoisotopic (exact) mass is 636 g/mol. The minimum absolute atomic E-state index is 0.0756. The van der Waals surface area contributed by atoms with Gasteiger partial charge in [-0.2, -0.15) is 0 Å². The van der Waals surface area contributed by atoms with E-state index in [1.165, 1.54) is 30.2 Å². The van der Waals surface area contributed by atoms with Gasteiger partial charge in [0.15, 0.2) is 0 Å². The first-order chi connectivity index (χ1) is 22.3. The van der Waals surface area contributed by atoms with Gasteiger partial charge in [0.1, 0.15) is 35.4 Å². The molecule has 0 spiro atoms. The van der Waals surface area contributed by atoms with Crippen LogP contribution in [0.3, 0.4) is 0 Å². The van der Waals surface area contributed by atoms with Crippen molar-refractivity contribution in [3.05, 3.63) is 83.2 Å². The van der Waals surface area contributed by atoms with Crippen molar-refractivity contribution in [1.82, 2.24) is 20.9 Å². The van der Waals surface area contributed by atoms with Crippen molar-refractivity contribution >= 4 is 17.8 Å². The van der Waals surface area contributed by atoms with Crippen LogP contribution in [0, 0.1) is 5.82 Å². The largest absolute Gasteiger partial charge is 0.497 e. The number of rotatable bonds is 6. The molecule has 46 heavy (non-hydrogen) atoms. The third-order valence-corrected chi connectivity index (χ3v) is 7.56. The number of methoxy groups -OCH3 is 2. The molecule has 0 radical (unpaired) electrons. The Morgan fingerprint density at radius 2 is 1.83 bits per heavy atom. The number of nitrogens with one attached hydrogen (secondary N) is 3. The van der Waals surface area contributed by atoms with Crippen LogP contribution in [0.4, 0.5) is 9.18 Å². The molecule has 2 aliphatic rings. The highest BCUT2D eigenvalue weighted by atomic mass is 19.1. The molecule has 0 aliphatic carbocycles. The second kappa shape index (κ2) is 15.4. The van der Waals surface area contributed by atoms with Gasteiger partial charge in [0.05, 0.1) is 38.0 Å². The average molecular weight is 637 g/mol. The number of carbonyl (C=O) groups is 3. The summed E-state index contributed by atoms with van der Waals surface area (Å²) in [7, 11) is 2.99. The van der Waals surface area contributed by atoms with Crippen LogP contribution in [-0.4, -0.2) is 88.5 Å². The van der Waals surface area contributed by atoms with Crippen LogP contribution in [0.2, 0.25) is 0 Å². The summed E-state index contributed by atoms with van der Waals surface area (Å²) < 4.78 is 43.0. The maximum atomic E-state index is 14.7. The molecule has 3 aromatic carbocycles. The molecule has 2 atom stereocenters. The topological polar surface area (TPSA) is 137 Å². The van der Waals surface area contributed by atoms with Gasteiger partial charge in [-0.25, -0.2) is 9.18 Å². The van der Waals surface area contributed by atoms with E-state index in [0.29, 0.717) is 41.6 Å². The molecule has 13 heteroatoms. The Balaban J connectivity index is 1.37. The van der Waals surface area contributed by atoms with Crippen LogP contribution in [-0.2, 0) is 16.1 Å². The number of urea groups is 1. The number of nitrogens with zero attached hydrogens (tertiary/aromatic N) is 1. The normalized spacial score (nSPS) is 18.8. The average Bonchev–Trinajstić information content (AvgIpc) is 3.05. The maximum absolute atomic E-state index is 14.7. The van der Waals surface area contributed by atoms with E-state index in [9.17, 15) is 18.8 Å². The minimum Gasteiger partial charge on any atom is -0.497 e. The van der Waals surface area contributed by atoms with E-state index in [1.54, 1.807) is 37.4 Å². The van der Waals surface area contributed by atoms with Gasteiger partial charge in [-0.3, -0.25) is 9.59 Å². The first-order valence-corrected chi connectivity index (χ1v) is 14.9. The number of halogens is 1. The Bertz CT molecular complexity index is 1550. The van der Waals surface area contributed by atoms with Crippen molar-refractivity contribution in [2.75, 3.05) is 53.6 Å². The number of hydrogen-bond acceptors (Lipinski definition) is 8. The molecule has 0 unspecified atom stereocenters. The van der Waals surface area contributed by atoms with Gasteiger partial charge in [0.2, 0.25) is 0 Å². The number of likely N-dealkylation sites (tertiary alicyclic amines) is 1. The molecule has 0 saturated carbocycles. The predicted octanol–water partition coefficient (Wildman–Crippen LogP) is 3.49. The molecule has 244 valence electrons. The lowest BCUT2D eigenvalue weighted by Crippen LogP contribution is -2.58. The van der Waals surface area contributed by atoms with E-state index in [0.717, 1.165) is 5.56 Å². The van der Waals surface area contributed by atoms with Crippen molar-refractivity contribution in [3.8, 4) is 23.0 Å². The lowest BCUT2D eigenvalue weighted by Gasteiger charge is -2.38. The van der Waals surface area contributed by atoms with Crippen LogP contribution in [0.15, 0.2) is 60.7 Å². The summed E-state index contributed by atoms with van der Waals surface area (Å²) in [5.41, 5.74) is 1.03. The summed E-state index contributed by atoms with van der Waals surface area (Å²) in [4.78, 5) is 40.7. The molecular weight excluding hydrogens is 599 g/mol. The SMILES string of the molecule is COCCOc1cc2cc(c1)C(=O)NCCNC(=O)N[C@H]1CCN(C(=O)c3ccc(OC)cc3F)C[C@@H]1OCc1cccc(c1)O2. The van der Waals surface area contributed by atoms with E-state index in [4.69, 9.17) is 23.7 Å². The number of fused-ring (bicyclic) bond motifs is 5. The summed E-state index contributed by atoms with van der Waals surface area (Å²) in [6, 6.07) is 15.4. The Morgan fingerprint density at radius 1 is 0.978 bits per heavy atom. The first-order valence-electron chi connectivity index (χ1n) is 14.9. The Morgan fingerprint density at radius 3 is 2.63 bits per heavy atom. The lowest BCUT2D eigenvalue weighted by atomic mass is 10.0. The highest BCUT2D eigenvalue weighted by Crippen LogP contribution is 2.29. The highest BCUT2D eigenvalue weighted by Gasteiger charge is 2.34. The fourth-order valence-electron chi connectivity index (χ4n) is 5.20. The van der Waals surface area contributed by atoms with Gasteiger partial charge in [-0.15, -0.1) is 0 Å². The van der Waals surface area contributed by atoms with Crippen molar-refractivity contribution in [3.63, 3.8) is 0 Å². The van der Waals surface area contributed by atoms with Crippen molar-refractivity contribution in [2.45, 2.75) is 25.2 Å². The molecular formula is C33H37FN4O8. The van der Waals surface area contributed by atoms with Crippen LogP contribution in [0.1, 0.15) is 32.7 Å². The standard InChI is InChI=1S/C33H37FN4O8/c1-42-12-13-44-25-15-22-16-26(17-25)46-24-5-3-4-21(14-24)20-45-30-19-38(32(40)27-7-6-23(43-2)18-28(27)34)11-8-29(30)37-33(41)36-10-9-35-31(22)39/h3-7,14-18,29-30H,8-13,19-20H2,1-2H3,(H,35,39)(H2,36,37,41)/t29-,30-/m0/s1. The second-order valence-electron chi connectivity index (χ2n) is 10.8. The zero-order valence-corrected chi connectivity index (χ0v) is 25.7. The van der Waals surface area contributed by atoms with Crippen LogP contribution >= 0.6 is 0 Å². The summed E-state index contributed by atoms with van der Waals surface area (Å²) in [5.74, 6) is 0.115. The molecule has 12 nitrogen and oxygen atoms in total. The van der Waals surface area contributed by atoms with Crippen molar-refractivity contribution in [2.24, 2.45) is 0 Å². The summed E-state index contributed by atoms with van der Waals surface area (Å²) in [5, 5.41) is 8.48. The van der Waals surface area contributed by atoms with Gasteiger partial charge in [-0.05, 0) is 48.4 Å². The number of ether oxygens (including phenoxy) is 5. The highest BCUT2D eigenvalue weighted by molar-refractivity contribution is 5.95. The molecule has 4 amide bonds. The molecule has 2 aliphatic heterocycles. The zero-order chi connectivity index (χ0) is 32.5. The van der Waals surface area contributed by atoms with E-state index in [-0.39, 0.29) is 50.9 Å². The summed E-state index contributed by atoms with van der Waals surface area (Å²) in [6.45, 7) is 1.54. The van der Waals surface area contributed by atoms with Crippen LogP contribution in [0.5, 0.6) is 23.0 Å². The van der Waals surface area contributed by atoms with Crippen LogP contribution in [0.25, 0.3) is 0 Å². The number of amides is 4. The fourth-order valence-corrected chi connectivity index (χ4v) is 5.20. The van der Waals surface area contributed by atoms with E-state index in [2.05, 4.69) is 16.0 Å². The lowest BCUT2D eigenvalue weighted by molar-refractivity contribution is -0.0236. The fraction of sp³-hybridized carbons (Fsp3) is 0.364. The molecule has 3 N–H and O–H groups in total. The molecule has 4 bridgehead atoms. The molecule has 3 aromatic rings. The third kappa shape index (κ3) is 8.43. The number of benzene rings is 3. The van der Waals surface area contributed by atoms with Gasteiger partial charge >= 0.3 is 6.03 Å². The smallest absolute Gasteiger partial charge is 0.315 e. The van der Waals surface area contributed by atoms with Gasteiger partial charge < -0.3 is 44.5 Å². The third-order valence-electron chi connectivity index (χ3n) is 7.56. The van der Waals surface area contributed by atoms with Gasteiger partial charge in [-0.1, -0.05) is 12.1 Å². The number of piperidine rings is 1. The molecule has 1 fully saturated rings. The summed E-state index contributed by atoms with van der Waals surface area (Å²) >= 11 is 0. The van der Waals surface area contributed by atoms with Gasteiger partial charge in [0, 0.05) is 51.0 Å². The molecule has 5 rings (SSSR count). The Kier molecular flexibility index (Phi) is 10.9. The quantitative estimate of drug-likeness (QED) is 0.350. The summed E-state index contributed by atoms with van der Waals surface area (Å²) in [6.07, 6.45) is -0.221. The van der Waals surface area contributed by atoms with Crippen LogP contribution < -0.4 is 30.2 Å². The number of hydrogen-bond donors (Lipinski definition) is 3. The second-order valence-corrected chi connectivity index (χ2v) is 10.8.